The summed E-state index contributed by atoms with van der Waals surface area (Å²) in [6.45, 7) is 1.16. The molecule has 1 aromatic carbocycles. The maximum absolute atomic E-state index is 13.2. The molecule has 0 spiro atoms. The van der Waals surface area contributed by atoms with Gasteiger partial charge in [-0.15, -0.1) is 12.4 Å². The highest BCUT2D eigenvalue weighted by Crippen LogP contribution is 2.23. The van der Waals surface area contributed by atoms with Gasteiger partial charge in [0.05, 0.1) is 5.69 Å². The first-order valence-electron chi connectivity index (χ1n) is 6.80. The van der Waals surface area contributed by atoms with Gasteiger partial charge in [-0.1, -0.05) is 6.07 Å². The van der Waals surface area contributed by atoms with Crippen LogP contribution in [0.2, 0.25) is 0 Å². The molecule has 22 heavy (non-hydrogen) atoms. The number of aromatic nitrogens is 1. The van der Waals surface area contributed by atoms with Crippen molar-refractivity contribution in [2.75, 3.05) is 6.54 Å². The molecule has 1 aliphatic rings. The van der Waals surface area contributed by atoms with Crippen LogP contribution >= 0.6 is 12.4 Å². The van der Waals surface area contributed by atoms with Crippen molar-refractivity contribution in [2.45, 2.75) is 25.4 Å². The number of carbonyl (C=O) groups is 1. The molecule has 2 aromatic rings. The zero-order chi connectivity index (χ0) is 14.8. The molecule has 1 fully saturated rings. The smallest absolute Gasteiger partial charge is 0.320 e. The third-order valence-electron chi connectivity index (χ3n) is 3.64. The zero-order valence-corrected chi connectivity index (χ0v) is 12.6. The molecule has 2 heterocycles. The van der Waals surface area contributed by atoms with Gasteiger partial charge in [0.2, 0.25) is 5.89 Å². The monoisotopic (exact) mass is 326 g/mol. The highest BCUT2D eigenvalue weighted by molar-refractivity contribution is 5.85. The molecule has 3 rings (SSSR count). The van der Waals surface area contributed by atoms with E-state index in [9.17, 15) is 9.18 Å². The third kappa shape index (κ3) is 3.45. The number of carboxylic acids is 1. The van der Waals surface area contributed by atoms with Crippen molar-refractivity contribution in [1.29, 1.82) is 0 Å². The number of hydrogen-bond donors (Lipinski definition) is 1. The molecule has 7 heteroatoms. The average molecular weight is 327 g/mol. The van der Waals surface area contributed by atoms with Crippen molar-refractivity contribution in [3.63, 3.8) is 0 Å². The molecule has 5 nitrogen and oxygen atoms in total. The number of nitrogens with zero attached hydrogens (tertiary/aromatic N) is 2. The SMILES string of the molecule is Cl.O=C(O)C1CCCN1Cc1coc(-c2cccc(F)c2)n1. The van der Waals surface area contributed by atoms with Crippen molar-refractivity contribution in [3.8, 4) is 11.5 Å². The zero-order valence-electron chi connectivity index (χ0n) is 11.7. The Kier molecular flexibility index (Phi) is 5.15. The molecule has 118 valence electrons. The first-order chi connectivity index (χ1) is 10.1. The fraction of sp³-hybridized carbons (Fsp3) is 0.333. The molecule has 1 atom stereocenters. The van der Waals surface area contributed by atoms with Crippen LogP contribution in [0.4, 0.5) is 4.39 Å². The van der Waals surface area contributed by atoms with E-state index >= 15 is 0 Å². The molecule has 0 aliphatic carbocycles. The standard InChI is InChI=1S/C15H15FN2O3.ClH/c16-11-4-1-3-10(7-11)14-17-12(9-21-14)8-18-6-2-5-13(18)15(19)20;/h1,3-4,7,9,13H,2,5-6,8H2,(H,19,20);1H. The highest BCUT2D eigenvalue weighted by Gasteiger charge is 2.30. The van der Waals surface area contributed by atoms with Gasteiger partial charge in [0.25, 0.3) is 0 Å². The summed E-state index contributed by atoms with van der Waals surface area (Å²) in [6, 6.07) is 5.56. The van der Waals surface area contributed by atoms with Crippen LogP contribution in [0.15, 0.2) is 34.9 Å². The predicted octanol–water partition coefficient (Wildman–Crippen LogP) is 2.95. The van der Waals surface area contributed by atoms with Crippen LogP contribution in [-0.4, -0.2) is 33.5 Å². The minimum atomic E-state index is -0.804. The minimum Gasteiger partial charge on any atom is -0.480 e. The minimum absolute atomic E-state index is 0. The quantitative estimate of drug-likeness (QED) is 0.935. The number of aliphatic carboxylic acids is 1. The Morgan fingerprint density at radius 1 is 1.50 bits per heavy atom. The van der Waals surface area contributed by atoms with Crippen molar-refractivity contribution >= 4 is 18.4 Å². The van der Waals surface area contributed by atoms with E-state index in [1.54, 1.807) is 12.1 Å². The van der Waals surface area contributed by atoms with Crippen molar-refractivity contribution in [1.82, 2.24) is 9.88 Å². The van der Waals surface area contributed by atoms with Gasteiger partial charge in [0.1, 0.15) is 18.1 Å². The summed E-state index contributed by atoms with van der Waals surface area (Å²) in [7, 11) is 0. The van der Waals surface area contributed by atoms with Crippen LogP contribution in [0.3, 0.4) is 0 Å². The van der Waals surface area contributed by atoms with E-state index in [1.807, 2.05) is 4.90 Å². The number of carboxylic acid groups (broad SMARTS) is 1. The van der Waals surface area contributed by atoms with Crippen LogP contribution in [0.1, 0.15) is 18.5 Å². The lowest BCUT2D eigenvalue weighted by Gasteiger charge is -2.19. The Balaban J connectivity index is 0.00000176. The number of oxazole rings is 1. The summed E-state index contributed by atoms with van der Waals surface area (Å²) in [5.41, 5.74) is 1.22. The molecule has 1 unspecified atom stereocenters. The van der Waals surface area contributed by atoms with Gasteiger partial charge >= 0.3 is 5.97 Å². The van der Waals surface area contributed by atoms with Gasteiger partial charge in [-0.2, -0.15) is 0 Å². The van der Waals surface area contributed by atoms with E-state index in [0.717, 1.165) is 13.0 Å². The number of halogens is 2. The molecule has 0 amide bonds. The highest BCUT2D eigenvalue weighted by atomic mass is 35.5. The van der Waals surface area contributed by atoms with Crippen molar-refractivity contribution in [3.05, 3.63) is 42.0 Å². The van der Waals surface area contributed by atoms with E-state index in [0.29, 0.717) is 30.1 Å². The lowest BCUT2D eigenvalue weighted by atomic mass is 10.2. The lowest BCUT2D eigenvalue weighted by Crippen LogP contribution is -2.35. The van der Waals surface area contributed by atoms with Gasteiger partial charge in [-0.3, -0.25) is 9.69 Å². The van der Waals surface area contributed by atoms with Gasteiger partial charge in [0.15, 0.2) is 0 Å². The Bertz CT molecular complexity index is 662. The van der Waals surface area contributed by atoms with Crippen LogP contribution in [-0.2, 0) is 11.3 Å². The molecular weight excluding hydrogens is 311 g/mol. The maximum Gasteiger partial charge on any atom is 0.320 e. The van der Waals surface area contributed by atoms with Crippen molar-refractivity contribution < 1.29 is 18.7 Å². The van der Waals surface area contributed by atoms with E-state index in [1.165, 1.54) is 18.4 Å². The summed E-state index contributed by atoms with van der Waals surface area (Å²) >= 11 is 0. The Hall–Kier alpha value is -1.92. The number of rotatable bonds is 4. The van der Waals surface area contributed by atoms with E-state index in [-0.39, 0.29) is 18.2 Å². The third-order valence-corrected chi connectivity index (χ3v) is 3.64. The second-order valence-corrected chi connectivity index (χ2v) is 5.12. The van der Waals surface area contributed by atoms with Crippen LogP contribution in [0.25, 0.3) is 11.5 Å². The van der Waals surface area contributed by atoms with Crippen LogP contribution in [0.5, 0.6) is 0 Å². The summed E-state index contributed by atoms with van der Waals surface area (Å²) in [5, 5.41) is 9.15. The fourth-order valence-corrected chi connectivity index (χ4v) is 2.64. The van der Waals surface area contributed by atoms with Crippen molar-refractivity contribution in [2.24, 2.45) is 0 Å². The summed E-state index contributed by atoms with van der Waals surface area (Å²) < 4.78 is 18.5. The first-order valence-corrected chi connectivity index (χ1v) is 6.80. The topological polar surface area (TPSA) is 66.6 Å². The van der Waals surface area contributed by atoms with Gasteiger partial charge in [-0.25, -0.2) is 9.37 Å². The summed E-state index contributed by atoms with van der Waals surface area (Å²) in [4.78, 5) is 17.3. The molecule has 1 saturated heterocycles. The molecule has 0 bridgehead atoms. The Morgan fingerprint density at radius 2 is 2.32 bits per heavy atom. The molecule has 0 saturated carbocycles. The predicted molar refractivity (Wildman–Crippen MR) is 80.2 cm³/mol. The fourth-order valence-electron chi connectivity index (χ4n) is 2.64. The van der Waals surface area contributed by atoms with Gasteiger partial charge in [-0.05, 0) is 37.6 Å². The van der Waals surface area contributed by atoms with Gasteiger partial charge in [0, 0.05) is 12.1 Å². The second-order valence-electron chi connectivity index (χ2n) is 5.12. The molecule has 0 radical (unpaired) electrons. The molecule has 1 N–H and O–H groups in total. The number of benzene rings is 1. The Labute approximate surface area is 133 Å². The average Bonchev–Trinajstić information content (AvgIpc) is 3.08. The normalized spacial score (nSPS) is 18.1. The largest absolute Gasteiger partial charge is 0.480 e. The second kappa shape index (κ2) is 6.89. The molecule has 1 aromatic heterocycles. The molecule has 1 aliphatic heterocycles. The number of hydrogen-bond acceptors (Lipinski definition) is 4. The lowest BCUT2D eigenvalue weighted by molar-refractivity contribution is -0.142. The van der Waals surface area contributed by atoms with E-state index in [2.05, 4.69) is 4.98 Å². The summed E-state index contributed by atoms with van der Waals surface area (Å²) in [6.07, 6.45) is 3.02. The van der Waals surface area contributed by atoms with E-state index in [4.69, 9.17) is 9.52 Å². The Morgan fingerprint density at radius 3 is 3.05 bits per heavy atom. The van der Waals surface area contributed by atoms with Crippen LogP contribution in [0, 0.1) is 5.82 Å². The van der Waals surface area contributed by atoms with Crippen LogP contribution < -0.4 is 0 Å². The summed E-state index contributed by atoms with van der Waals surface area (Å²) in [5.74, 6) is -0.811. The maximum atomic E-state index is 13.2. The van der Waals surface area contributed by atoms with E-state index < -0.39 is 12.0 Å². The molecular formula is C15H16ClFN2O3. The number of likely N-dealkylation sites (tertiary alicyclic amines) is 1. The van der Waals surface area contributed by atoms with Gasteiger partial charge < -0.3 is 9.52 Å². The first kappa shape index (κ1) is 16.5.